The maximum Gasteiger partial charge on any atom is 0.238 e. The topological polar surface area (TPSA) is 83.9 Å². The summed E-state index contributed by atoms with van der Waals surface area (Å²) in [6, 6.07) is 8.08. The molecule has 4 nitrogen and oxygen atoms in total. The largest absolute Gasteiger partial charge is 0.238 e. The lowest BCUT2D eigenvalue weighted by molar-refractivity contribution is 0.598. The van der Waals surface area contributed by atoms with Crippen LogP contribution in [-0.2, 0) is 10.0 Å². The molecule has 80 valence electrons. The van der Waals surface area contributed by atoms with Gasteiger partial charge in [0.15, 0.2) is 0 Å². The Morgan fingerprint density at radius 1 is 1.40 bits per heavy atom. The summed E-state index contributed by atoms with van der Waals surface area (Å²) in [5.74, 6) is -0.278. The van der Waals surface area contributed by atoms with E-state index in [-0.39, 0.29) is 10.8 Å². The molecule has 0 aliphatic carbocycles. The molecule has 0 radical (unpaired) electrons. The fraction of sp³-hybridized carbons (Fsp3) is 0.222. The third-order valence-corrected chi connectivity index (χ3v) is 3.50. The molecule has 15 heavy (non-hydrogen) atoms. The summed E-state index contributed by atoms with van der Waals surface area (Å²) in [6.07, 6.45) is 0. The van der Waals surface area contributed by atoms with E-state index in [1.807, 2.05) is 0 Å². The summed E-state index contributed by atoms with van der Waals surface area (Å²) in [4.78, 5) is 0.0533. The van der Waals surface area contributed by atoms with Crippen molar-refractivity contribution in [1.82, 2.24) is 0 Å². The van der Waals surface area contributed by atoms with Gasteiger partial charge in [-0.15, -0.1) is 0 Å². The summed E-state index contributed by atoms with van der Waals surface area (Å²) in [6.45, 7) is 0. The molecule has 1 aromatic rings. The molecule has 2 N–H and O–H groups in total. The van der Waals surface area contributed by atoms with E-state index in [2.05, 4.69) is 22.0 Å². The van der Waals surface area contributed by atoms with Crippen LogP contribution in [0, 0.1) is 11.3 Å². The van der Waals surface area contributed by atoms with E-state index in [0.29, 0.717) is 5.33 Å². The Bertz CT molecular complexity index is 476. The van der Waals surface area contributed by atoms with Crippen molar-refractivity contribution in [2.75, 3.05) is 5.33 Å². The van der Waals surface area contributed by atoms with Gasteiger partial charge in [-0.3, -0.25) is 0 Å². The van der Waals surface area contributed by atoms with Crippen LogP contribution in [0.25, 0.3) is 0 Å². The number of sulfonamides is 1. The Morgan fingerprint density at radius 3 is 2.27 bits per heavy atom. The number of halogens is 1. The SMILES string of the molecule is N#CC(CBr)c1ccc(S(N)(=O)=O)cc1. The number of rotatable bonds is 3. The molecule has 6 heteroatoms. The Balaban J connectivity index is 3.06. The van der Waals surface area contributed by atoms with Crippen molar-refractivity contribution in [2.45, 2.75) is 10.8 Å². The van der Waals surface area contributed by atoms with Crippen molar-refractivity contribution < 1.29 is 8.42 Å². The number of nitrogens with two attached hydrogens (primary N) is 1. The zero-order valence-electron chi connectivity index (χ0n) is 7.72. The molecule has 0 heterocycles. The van der Waals surface area contributed by atoms with Gasteiger partial charge in [-0.05, 0) is 17.7 Å². The van der Waals surface area contributed by atoms with Gasteiger partial charge >= 0.3 is 0 Å². The number of primary sulfonamides is 1. The second kappa shape index (κ2) is 4.75. The minimum Gasteiger partial charge on any atom is -0.225 e. The molecule has 0 aromatic heterocycles. The summed E-state index contributed by atoms with van der Waals surface area (Å²) in [5, 5.41) is 14.2. The molecule has 0 bridgehead atoms. The first-order chi connectivity index (χ1) is 6.99. The molecule has 1 aromatic carbocycles. The molecule has 0 spiro atoms. The molecule has 0 amide bonds. The summed E-state index contributed by atoms with van der Waals surface area (Å²) in [5.41, 5.74) is 0.766. The van der Waals surface area contributed by atoms with Crippen LogP contribution < -0.4 is 5.14 Å². The van der Waals surface area contributed by atoms with Gasteiger partial charge in [-0.25, -0.2) is 13.6 Å². The van der Waals surface area contributed by atoms with Gasteiger partial charge in [0.05, 0.1) is 16.9 Å². The van der Waals surface area contributed by atoms with Crippen LogP contribution in [0.3, 0.4) is 0 Å². The number of nitrogens with zero attached hydrogens (tertiary/aromatic N) is 1. The van der Waals surface area contributed by atoms with Crippen molar-refractivity contribution in [3.05, 3.63) is 29.8 Å². The van der Waals surface area contributed by atoms with Gasteiger partial charge in [0.25, 0.3) is 0 Å². The first kappa shape index (κ1) is 12.2. The van der Waals surface area contributed by atoms with Gasteiger partial charge in [-0.2, -0.15) is 5.26 Å². The van der Waals surface area contributed by atoms with E-state index in [9.17, 15) is 8.42 Å². The highest BCUT2D eigenvalue weighted by Gasteiger charge is 2.11. The Morgan fingerprint density at radius 2 is 1.93 bits per heavy atom. The summed E-state index contributed by atoms with van der Waals surface area (Å²) in [7, 11) is -3.65. The van der Waals surface area contributed by atoms with Gasteiger partial charge < -0.3 is 0 Å². The Kier molecular flexibility index (Phi) is 3.85. The highest BCUT2D eigenvalue weighted by molar-refractivity contribution is 9.09. The molecular weight excluding hydrogens is 280 g/mol. The molecule has 0 saturated carbocycles. The van der Waals surface area contributed by atoms with E-state index < -0.39 is 10.0 Å². The number of alkyl halides is 1. The van der Waals surface area contributed by atoms with Crippen LogP contribution >= 0.6 is 15.9 Å². The first-order valence-corrected chi connectivity index (χ1v) is 6.74. The molecule has 1 unspecified atom stereocenters. The lowest BCUT2D eigenvalue weighted by Gasteiger charge is -2.05. The normalized spacial score (nSPS) is 13.1. The lowest BCUT2D eigenvalue weighted by atomic mass is 10.0. The predicted octanol–water partition coefficient (Wildman–Crippen LogP) is 1.34. The second-order valence-corrected chi connectivity index (χ2v) is 5.16. The second-order valence-electron chi connectivity index (χ2n) is 2.95. The number of benzene rings is 1. The maximum absolute atomic E-state index is 11.0. The molecule has 0 saturated heterocycles. The van der Waals surface area contributed by atoms with Gasteiger partial charge in [-0.1, -0.05) is 28.1 Å². The zero-order chi connectivity index (χ0) is 11.5. The van der Waals surface area contributed by atoms with E-state index in [1.54, 1.807) is 12.1 Å². The average molecular weight is 289 g/mol. The standard InChI is InChI=1S/C9H9BrN2O2S/c10-5-8(6-11)7-1-3-9(4-2-7)15(12,13)14/h1-4,8H,5H2,(H2,12,13,14). The van der Waals surface area contributed by atoms with Crippen LogP contribution in [0.1, 0.15) is 11.5 Å². The highest BCUT2D eigenvalue weighted by atomic mass is 79.9. The number of hydrogen-bond acceptors (Lipinski definition) is 3. The minimum absolute atomic E-state index is 0.0533. The number of hydrogen-bond donors (Lipinski definition) is 1. The van der Waals surface area contributed by atoms with Crippen molar-refractivity contribution in [3.8, 4) is 6.07 Å². The molecule has 1 rings (SSSR count). The van der Waals surface area contributed by atoms with Gasteiger partial charge in [0, 0.05) is 5.33 Å². The van der Waals surface area contributed by atoms with Crippen LogP contribution in [0.15, 0.2) is 29.2 Å². The van der Waals surface area contributed by atoms with Crippen LogP contribution in [-0.4, -0.2) is 13.7 Å². The highest BCUT2D eigenvalue weighted by Crippen LogP contribution is 2.19. The molecule has 0 aliphatic rings. The maximum atomic E-state index is 11.0. The lowest BCUT2D eigenvalue weighted by Crippen LogP contribution is -2.12. The van der Waals surface area contributed by atoms with Crippen LogP contribution in [0.5, 0.6) is 0 Å². The van der Waals surface area contributed by atoms with Crippen molar-refractivity contribution in [3.63, 3.8) is 0 Å². The van der Waals surface area contributed by atoms with Crippen molar-refractivity contribution in [2.24, 2.45) is 5.14 Å². The average Bonchev–Trinajstić information content (AvgIpc) is 2.19. The minimum atomic E-state index is -3.65. The van der Waals surface area contributed by atoms with Crippen molar-refractivity contribution in [1.29, 1.82) is 5.26 Å². The Hall–Kier alpha value is -0.900. The van der Waals surface area contributed by atoms with E-state index in [4.69, 9.17) is 10.4 Å². The smallest absolute Gasteiger partial charge is 0.225 e. The third kappa shape index (κ3) is 3.02. The van der Waals surface area contributed by atoms with Gasteiger partial charge in [0.2, 0.25) is 10.0 Å². The molecule has 1 atom stereocenters. The van der Waals surface area contributed by atoms with E-state index in [0.717, 1.165) is 5.56 Å². The van der Waals surface area contributed by atoms with Gasteiger partial charge in [0.1, 0.15) is 0 Å². The zero-order valence-corrected chi connectivity index (χ0v) is 10.1. The first-order valence-electron chi connectivity index (χ1n) is 4.07. The summed E-state index contributed by atoms with van der Waals surface area (Å²) < 4.78 is 21.9. The fourth-order valence-corrected chi connectivity index (χ4v) is 2.12. The fourth-order valence-electron chi connectivity index (χ4n) is 1.09. The number of nitriles is 1. The molecule has 0 aliphatic heterocycles. The summed E-state index contributed by atoms with van der Waals surface area (Å²) >= 11 is 3.21. The predicted molar refractivity (Wildman–Crippen MR) is 60.0 cm³/mol. The van der Waals surface area contributed by atoms with E-state index in [1.165, 1.54) is 12.1 Å². The van der Waals surface area contributed by atoms with Crippen LogP contribution in [0.4, 0.5) is 0 Å². The quantitative estimate of drug-likeness (QED) is 0.852. The van der Waals surface area contributed by atoms with Crippen LogP contribution in [0.2, 0.25) is 0 Å². The molecule has 0 fully saturated rings. The monoisotopic (exact) mass is 288 g/mol. The third-order valence-electron chi connectivity index (χ3n) is 1.92. The van der Waals surface area contributed by atoms with E-state index >= 15 is 0 Å². The molecular formula is C9H9BrN2O2S. The van der Waals surface area contributed by atoms with Crippen molar-refractivity contribution >= 4 is 26.0 Å². The Labute approximate surface area is 96.9 Å².